The lowest BCUT2D eigenvalue weighted by Crippen LogP contribution is -1.86. The van der Waals surface area contributed by atoms with Crippen LogP contribution in [0, 0.1) is 5.82 Å². The molecule has 0 aliphatic carbocycles. The number of H-pyrrole nitrogens is 2. The van der Waals surface area contributed by atoms with Gasteiger partial charge >= 0.3 is 0 Å². The Bertz CT molecular complexity index is 1550. The van der Waals surface area contributed by atoms with Gasteiger partial charge in [0, 0.05) is 28.9 Å². The second kappa shape index (κ2) is 6.88. The van der Waals surface area contributed by atoms with E-state index in [-0.39, 0.29) is 5.82 Å². The number of aromatic nitrogens is 5. The number of fused-ring (bicyclic) bond motifs is 2. The summed E-state index contributed by atoms with van der Waals surface area (Å²) < 4.78 is 13.8. The minimum atomic E-state index is -0.254. The molecule has 0 unspecified atom stereocenters. The third-order valence-electron chi connectivity index (χ3n) is 5.42. The number of nitrogens with zero attached hydrogens (tertiary/aromatic N) is 3. The summed E-state index contributed by atoms with van der Waals surface area (Å²) in [5.41, 5.74) is 7.75. The molecule has 0 atom stereocenters. The summed E-state index contributed by atoms with van der Waals surface area (Å²) >= 11 is 0. The number of benzene rings is 2. The molecule has 0 aliphatic rings. The third kappa shape index (κ3) is 2.97. The second-order valence-corrected chi connectivity index (χ2v) is 7.37. The highest BCUT2D eigenvalue weighted by Crippen LogP contribution is 2.34. The van der Waals surface area contributed by atoms with Crippen LogP contribution in [0.5, 0.6) is 0 Å². The lowest BCUT2D eigenvalue weighted by Gasteiger charge is -2.03. The van der Waals surface area contributed by atoms with Crippen LogP contribution in [-0.4, -0.2) is 25.1 Å². The summed E-state index contributed by atoms with van der Waals surface area (Å²) in [4.78, 5) is 12.5. The topological polar surface area (TPSA) is 70.2 Å². The maximum absolute atomic E-state index is 13.8. The van der Waals surface area contributed by atoms with E-state index in [1.54, 1.807) is 24.5 Å². The molecule has 0 aliphatic heterocycles. The van der Waals surface area contributed by atoms with Crippen molar-refractivity contribution in [1.82, 2.24) is 25.1 Å². The SMILES string of the molecule is Fc1cccc(-c2cccc3[nH]c(-c4n[nH]c5ccc(-c6cccnc6)nc45)cc23)c1. The Morgan fingerprint density at radius 1 is 0.806 bits per heavy atom. The smallest absolute Gasteiger partial charge is 0.135 e. The van der Waals surface area contributed by atoms with Gasteiger partial charge in [-0.25, -0.2) is 9.37 Å². The van der Waals surface area contributed by atoms with Crippen LogP contribution in [0.25, 0.3) is 55.7 Å². The standard InChI is InChI=1S/C25H16FN5/c26-17-6-1-4-15(12-17)18-7-2-8-21-19(18)13-23(28-21)25-24-22(30-31-25)10-9-20(29-24)16-5-3-11-27-14-16/h1-14,28H,(H,30,31). The van der Waals surface area contributed by atoms with E-state index in [9.17, 15) is 4.39 Å². The first-order valence-corrected chi connectivity index (χ1v) is 9.90. The molecular formula is C25H16FN5. The van der Waals surface area contributed by atoms with Crippen LogP contribution in [0.2, 0.25) is 0 Å². The van der Waals surface area contributed by atoms with Crippen LogP contribution in [0.1, 0.15) is 0 Å². The Morgan fingerprint density at radius 2 is 1.71 bits per heavy atom. The average Bonchev–Trinajstić information content (AvgIpc) is 3.43. The zero-order valence-corrected chi connectivity index (χ0v) is 16.3. The molecule has 6 rings (SSSR count). The number of halogens is 1. The van der Waals surface area contributed by atoms with Crippen LogP contribution in [0.3, 0.4) is 0 Å². The average molecular weight is 405 g/mol. The number of hydrogen-bond donors (Lipinski definition) is 2. The third-order valence-corrected chi connectivity index (χ3v) is 5.42. The fourth-order valence-corrected chi connectivity index (χ4v) is 3.95. The van der Waals surface area contributed by atoms with Gasteiger partial charge in [-0.1, -0.05) is 24.3 Å². The summed E-state index contributed by atoms with van der Waals surface area (Å²) in [7, 11) is 0. The van der Waals surface area contributed by atoms with Crippen molar-refractivity contribution in [2.45, 2.75) is 0 Å². The van der Waals surface area contributed by atoms with E-state index in [0.29, 0.717) is 0 Å². The molecule has 6 heteroatoms. The fraction of sp³-hybridized carbons (Fsp3) is 0. The van der Waals surface area contributed by atoms with Crippen LogP contribution in [0.4, 0.5) is 4.39 Å². The van der Waals surface area contributed by atoms with Crippen LogP contribution in [0.15, 0.2) is 85.2 Å². The molecule has 0 amide bonds. The molecule has 0 saturated heterocycles. The number of aromatic amines is 2. The van der Waals surface area contributed by atoms with Crippen LogP contribution >= 0.6 is 0 Å². The molecule has 0 bridgehead atoms. The number of pyridine rings is 2. The zero-order chi connectivity index (χ0) is 20.8. The Balaban J connectivity index is 1.52. The van der Waals surface area contributed by atoms with Crippen LogP contribution < -0.4 is 0 Å². The van der Waals surface area contributed by atoms with Gasteiger partial charge in [-0.3, -0.25) is 10.1 Å². The minimum Gasteiger partial charge on any atom is -0.353 e. The molecule has 0 spiro atoms. The molecule has 6 aromatic rings. The van der Waals surface area contributed by atoms with Gasteiger partial charge in [0.05, 0.1) is 16.9 Å². The maximum Gasteiger partial charge on any atom is 0.135 e. The summed E-state index contributed by atoms with van der Waals surface area (Å²) in [6.07, 6.45) is 3.54. The lowest BCUT2D eigenvalue weighted by atomic mass is 10.0. The van der Waals surface area contributed by atoms with Gasteiger partial charge < -0.3 is 4.98 Å². The van der Waals surface area contributed by atoms with Gasteiger partial charge in [0.1, 0.15) is 17.0 Å². The van der Waals surface area contributed by atoms with Crippen LogP contribution in [-0.2, 0) is 0 Å². The lowest BCUT2D eigenvalue weighted by molar-refractivity contribution is 0.628. The Labute approximate surface area is 176 Å². The molecule has 0 radical (unpaired) electrons. The van der Waals surface area contributed by atoms with Crippen molar-refractivity contribution in [3.05, 3.63) is 91.0 Å². The van der Waals surface area contributed by atoms with E-state index >= 15 is 0 Å². The summed E-state index contributed by atoms with van der Waals surface area (Å²) in [6.45, 7) is 0. The van der Waals surface area contributed by atoms with E-state index in [2.05, 4.69) is 20.2 Å². The quantitative estimate of drug-likeness (QED) is 0.381. The highest BCUT2D eigenvalue weighted by Gasteiger charge is 2.15. The van der Waals surface area contributed by atoms with Gasteiger partial charge in [-0.2, -0.15) is 5.10 Å². The van der Waals surface area contributed by atoms with Crippen molar-refractivity contribution in [2.75, 3.05) is 0 Å². The Kier molecular flexibility index (Phi) is 3.89. The van der Waals surface area contributed by atoms with Crippen molar-refractivity contribution in [1.29, 1.82) is 0 Å². The van der Waals surface area contributed by atoms with Gasteiger partial charge in [0.25, 0.3) is 0 Å². The van der Waals surface area contributed by atoms with Gasteiger partial charge in [0.2, 0.25) is 0 Å². The normalized spacial score (nSPS) is 11.4. The minimum absolute atomic E-state index is 0.254. The molecular weight excluding hydrogens is 389 g/mol. The zero-order valence-electron chi connectivity index (χ0n) is 16.3. The van der Waals surface area contributed by atoms with Gasteiger partial charge in [-0.15, -0.1) is 0 Å². The van der Waals surface area contributed by atoms with Crippen molar-refractivity contribution < 1.29 is 4.39 Å². The molecule has 31 heavy (non-hydrogen) atoms. The first-order chi connectivity index (χ1) is 15.3. The maximum atomic E-state index is 13.8. The predicted molar refractivity (Wildman–Crippen MR) is 120 cm³/mol. The monoisotopic (exact) mass is 405 g/mol. The van der Waals surface area contributed by atoms with Crippen molar-refractivity contribution in [3.63, 3.8) is 0 Å². The molecule has 4 aromatic heterocycles. The molecule has 4 heterocycles. The molecule has 5 nitrogen and oxygen atoms in total. The molecule has 0 saturated carbocycles. The summed E-state index contributed by atoms with van der Waals surface area (Å²) in [5, 5.41) is 8.59. The highest BCUT2D eigenvalue weighted by molar-refractivity contribution is 6.00. The molecule has 2 N–H and O–H groups in total. The predicted octanol–water partition coefficient (Wildman–Crippen LogP) is 5.97. The number of rotatable bonds is 3. The van der Waals surface area contributed by atoms with E-state index in [1.165, 1.54) is 6.07 Å². The molecule has 0 fully saturated rings. The van der Waals surface area contributed by atoms with Crippen molar-refractivity contribution in [3.8, 4) is 33.8 Å². The van der Waals surface area contributed by atoms with Crippen molar-refractivity contribution >= 4 is 21.9 Å². The fourth-order valence-electron chi connectivity index (χ4n) is 3.95. The molecule has 148 valence electrons. The number of hydrogen-bond acceptors (Lipinski definition) is 3. The Morgan fingerprint density at radius 3 is 2.58 bits per heavy atom. The Hall–Kier alpha value is -4.32. The van der Waals surface area contributed by atoms with Gasteiger partial charge in [-0.05, 0) is 59.7 Å². The first kappa shape index (κ1) is 17.5. The molecule has 2 aromatic carbocycles. The van der Waals surface area contributed by atoms with E-state index in [1.807, 2.05) is 54.6 Å². The second-order valence-electron chi connectivity index (χ2n) is 7.37. The van der Waals surface area contributed by atoms with E-state index in [4.69, 9.17) is 4.98 Å². The van der Waals surface area contributed by atoms with E-state index < -0.39 is 0 Å². The van der Waals surface area contributed by atoms with Crippen molar-refractivity contribution in [2.24, 2.45) is 0 Å². The first-order valence-electron chi connectivity index (χ1n) is 9.90. The summed E-state index contributed by atoms with van der Waals surface area (Å²) in [5.74, 6) is -0.254. The van der Waals surface area contributed by atoms with Gasteiger partial charge in [0.15, 0.2) is 0 Å². The summed E-state index contributed by atoms with van der Waals surface area (Å²) in [6, 6.07) is 22.4. The largest absolute Gasteiger partial charge is 0.353 e. The highest BCUT2D eigenvalue weighted by atomic mass is 19.1. The number of nitrogens with one attached hydrogen (secondary N) is 2. The van der Waals surface area contributed by atoms with E-state index in [0.717, 1.165) is 55.7 Å².